The number of allylic oxidation sites excluding steroid dienone is 2. The van der Waals surface area contributed by atoms with Crippen LogP contribution in [0.1, 0.15) is 13.8 Å². The maximum Gasteiger partial charge on any atom is 0.135 e. The lowest BCUT2D eigenvalue weighted by Gasteiger charge is -2.24. The van der Waals surface area contributed by atoms with Gasteiger partial charge < -0.3 is 10.2 Å². The Bertz CT molecular complexity index is 300. The number of rotatable bonds is 1. The summed E-state index contributed by atoms with van der Waals surface area (Å²) < 4.78 is 0. The highest BCUT2D eigenvalue weighted by Gasteiger charge is 2.16. The lowest BCUT2D eigenvalue weighted by Crippen LogP contribution is -2.26. The Kier molecular flexibility index (Phi) is 2.00. The van der Waals surface area contributed by atoms with Crippen molar-refractivity contribution in [1.82, 2.24) is 10.8 Å². The summed E-state index contributed by atoms with van der Waals surface area (Å²) in [4.78, 5) is 5.38. The van der Waals surface area contributed by atoms with E-state index in [1.54, 1.807) is 0 Å². The van der Waals surface area contributed by atoms with Gasteiger partial charge in [-0.05, 0) is 12.2 Å². The second-order valence-corrected chi connectivity index (χ2v) is 3.53. The molecule has 0 aromatic rings. The molecule has 3 heteroatoms. The van der Waals surface area contributed by atoms with Crippen LogP contribution in [0.2, 0.25) is 0 Å². The van der Waals surface area contributed by atoms with E-state index < -0.39 is 0 Å². The molecule has 0 amide bonds. The van der Waals surface area contributed by atoms with Gasteiger partial charge in [0.15, 0.2) is 0 Å². The third-order valence-corrected chi connectivity index (χ3v) is 2.14. The number of nitrogens with one attached hydrogen (secondary N) is 2. The fourth-order valence-corrected chi connectivity index (χ4v) is 1.33. The summed E-state index contributed by atoms with van der Waals surface area (Å²) in [7, 11) is 0. The molecule has 70 valence electrons. The van der Waals surface area contributed by atoms with Crippen molar-refractivity contribution >= 4 is 0 Å². The van der Waals surface area contributed by atoms with E-state index in [0.717, 1.165) is 18.0 Å². The van der Waals surface area contributed by atoms with Gasteiger partial charge in [0.1, 0.15) is 5.76 Å². The highest BCUT2D eigenvalue weighted by atomic mass is 16.6. The fraction of sp³-hybridized carbons (Fsp3) is 0.400. The molecule has 0 unspecified atom stereocenters. The van der Waals surface area contributed by atoms with E-state index in [-0.39, 0.29) is 0 Å². The second-order valence-electron chi connectivity index (χ2n) is 3.53. The lowest BCUT2D eigenvalue weighted by molar-refractivity contribution is 0.105. The molecule has 0 aliphatic carbocycles. The summed E-state index contributed by atoms with van der Waals surface area (Å²) in [5, 5.41) is 3.16. The van der Waals surface area contributed by atoms with Crippen molar-refractivity contribution in [2.45, 2.75) is 13.8 Å². The fourth-order valence-electron chi connectivity index (χ4n) is 1.33. The molecular weight excluding hydrogens is 164 g/mol. The van der Waals surface area contributed by atoms with Crippen LogP contribution in [0.5, 0.6) is 0 Å². The maximum atomic E-state index is 5.38. The molecule has 0 bridgehead atoms. The summed E-state index contributed by atoms with van der Waals surface area (Å²) >= 11 is 0. The number of hydrogen-bond acceptors (Lipinski definition) is 3. The van der Waals surface area contributed by atoms with Crippen LogP contribution in [0.15, 0.2) is 35.4 Å². The van der Waals surface area contributed by atoms with Crippen molar-refractivity contribution in [3.05, 3.63) is 35.4 Å². The van der Waals surface area contributed by atoms with E-state index in [1.807, 2.05) is 6.20 Å². The molecule has 0 aromatic carbocycles. The normalized spacial score (nSPS) is 20.1. The Hall–Kier alpha value is -1.38. The van der Waals surface area contributed by atoms with E-state index in [0.29, 0.717) is 5.92 Å². The highest BCUT2D eigenvalue weighted by Crippen LogP contribution is 2.22. The van der Waals surface area contributed by atoms with Crippen molar-refractivity contribution in [3.8, 4) is 0 Å². The van der Waals surface area contributed by atoms with Crippen LogP contribution >= 0.6 is 0 Å². The van der Waals surface area contributed by atoms with Gasteiger partial charge in [0.2, 0.25) is 0 Å². The van der Waals surface area contributed by atoms with Gasteiger partial charge in [-0.3, -0.25) is 0 Å². The molecule has 2 rings (SSSR count). The molecule has 2 aliphatic heterocycles. The molecule has 13 heavy (non-hydrogen) atoms. The molecule has 2 heterocycles. The summed E-state index contributed by atoms with van der Waals surface area (Å²) in [6.07, 6.45) is 6.15. The van der Waals surface area contributed by atoms with Crippen molar-refractivity contribution in [2.75, 3.05) is 6.54 Å². The standard InChI is InChI=1S/C10H14N2O/c1-7(2)10-5-8-6-11-4-3-9(8)12-13-10/h3,5-7,11-12H,4H2,1-2H3. The Morgan fingerprint density at radius 1 is 1.46 bits per heavy atom. The average Bonchev–Trinajstić information content (AvgIpc) is 2.17. The van der Waals surface area contributed by atoms with Crippen molar-refractivity contribution in [2.24, 2.45) is 5.92 Å². The van der Waals surface area contributed by atoms with Crippen LogP contribution < -0.4 is 10.8 Å². The van der Waals surface area contributed by atoms with Gasteiger partial charge in [0.25, 0.3) is 0 Å². The van der Waals surface area contributed by atoms with Crippen LogP contribution in [0.4, 0.5) is 0 Å². The average molecular weight is 178 g/mol. The first-order valence-electron chi connectivity index (χ1n) is 4.56. The van der Waals surface area contributed by atoms with Crippen LogP contribution in [0.25, 0.3) is 0 Å². The molecule has 0 fully saturated rings. The Morgan fingerprint density at radius 3 is 3.08 bits per heavy atom. The maximum absolute atomic E-state index is 5.38. The molecule has 0 atom stereocenters. The molecular formula is C10H14N2O. The Morgan fingerprint density at radius 2 is 2.31 bits per heavy atom. The van der Waals surface area contributed by atoms with E-state index in [4.69, 9.17) is 4.84 Å². The first-order chi connectivity index (χ1) is 6.27. The molecule has 0 spiro atoms. The minimum absolute atomic E-state index is 0.414. The molecule has 0 saturated heterocycles. The zero-order valence-corrected chi connectivity index (χ0v) is 7.92. The second kappa shape index (κ2) is 3.17. The molecule has 2 aliphatic rings. The smallest absolute Gasteiger partial charge is 0.135 e. The number of dihydropyridines is 1. The first-order valence-corrected chi connectivity index (χ1v) is 4.56. The highest BCUT2D eigenvalue weighted by molar-refractivity contribution is 5.42. The van der Waals surface area contributed by atoms with Crippen molar-refractivity contribution in [1.29, 1.82) is 0 Å². The molecule has 3 nitrogen and oxygen atoms in total. The SMILES string of the molecule is CC(C)C1=CC2=CNCC=C2NO1. The lowest BCUT2D eigenvalue weighted by atomic mass is 10.1. The van der Waals surface area contributed by atoms with Gasteiger partial charge in [-0.25, -0.2) is 5.48 Å². The van der Waals surface area contributed by atoms with Gasteiger partial charge >= 0.3 is 0 Å². The van der Waals surface area contributed by atoms with E-state index >= 15 is 0 Å². The number of hydrogen-bond donors (Lipinski definition) is 2. The molecule has 0 saturated carbocycles. The quantitative estimate of drug-likeness (QED) is 0.637. The van der Waals surface area contributed by atoms with E-state index in [2.05, 4.69) is 36.8 Å². The summed E-state index contributed by atoms with van der Waals surface area (Å²) in [6.45, 7) is 5.08. The predicted octanol–water partition coefficient (Wildman–Crippen LogP) is 1.43. The number of fused-ring (bicyclic) bond motifs is 1. The van der Waals surface area contributed by atoms with Crippen LogP contribution in [-0.4, -0.2) is 6.54 Å². The zero-order valence-electron chi connectivity index (χ0n) is 7.92. The topological polar surface area (TPSA) is 33.3 Å². The summed E-state index contributed by atoms with van der Waals surface area (Å²) in [5.74, 6) is 1.39. The van der Waals surface area contributed by atoms with Crippen LogP contribution in [0.3, 0.4) is 0 Å². The third-order valence-electron chi connectivity index (χ3n) is 2.14. The van der Waals surface area contributed by atoms with Crippen LogP contribution in [-0.2, 0) is 4.84 Å². The Labute approximate surface area is 78.1 Å². The molecule has 2 N–H and O–H groups in total. The monoisotopic (exact) mass is 178 g/mol. The van der Waals surface area contributed by atoms with E-state index in [1.165, 1.54) is 5.57 Å². The first kappa shape index (κ1) is 8.23. The van der Waals surface area contributed by atoms with Gasteiger partial charge in [-0.1, -0.05) is 13.8 Å². The van der Waals surface area contributed by atoms with Crippen molar-refractivity contribution in [3.63, 3.8) is 0 Å². The zero-order chi connectivity index (χ0) is 9.26. The van der Waals surface area contributed by atoms with Gasteiger partial charge in [0, 0.05) is 24.2 Å². The van der Waals surface area contributed by atoms with E-state index in [9.17, 15) is 0 Å². The van der Waals surface area contributed by atoms with Gasteiger partial charge in [-0.2, -0.15) is 0 Å². The summed E-state index contributed by atoms with van der Waals surface area (Å²) in [6, 6.07) is 0. The van der Waals surface area contributed by atoms with Crippen LogP contribution in [0, 0.1) is 5.92 Å². The Balaban J connectivity index is 2.26. The van der Waals surface area contributed by atoms with Gasteiger partial charge in [-0.15, -0.1) is 0 Å². The third kappa shape index (κ3) is 1.54. The number of hydroxylamine groups is 1. The minimum atomic E-state index is 0.414. The summed E-state index contributed by atoms with van der Waals surface area (Å²) in [5.41, 5.74) is 5.16. The largest absolute Gasteiger partial charge is 0.387 e. The molecule has 0 aromatic heterocycles. The van der Waals surface area contributed by atoms with Crippen molar-refractivity contribution < 1.29 is 4.84 Å². The van der Waals surface area contributed by atoms with Gasteiger partial charge in [0.05, 0.1) is 5.70 Å². The molecule has 0 radical (unpaired) electrons. The minimum Gasteiger partial charge on any atom is -0.387 e. The predicted molar refractivity (Wildman–Crippen MR) is 51.3 cm³/mol.